The van der Waals surface area contributed by atoms with E-state index in [1.165, 1.54) is 13.8 Å². The summed E-state index contributed by atoms with van der Waals surface area (Å²) in [6, 6.07) is 0. The van der Waals surface area contributed by atoms with Crippen molar-refractivity contribution < 1.29 is 19.1 Å². The number of esters is 2. The zero-order valence-electron chi connectivity index (χ0n) is 8.22. The van der Waals surface area contributed by atoms with Gasteiger partial charge in [-0.1, -0.05) is 31.9 Å². The molecule has 0 saturated heterocycles. The van der Waals surface area contributed by atoms with E-state index in [1.807, 2.05) is 0 Å². The van der Waals surface area contributed by atoms with Crippen LogP contribution in [0.3, 0.4) is 0 Å². The SMILES string of the molecule is CC(=O)OCCBr.CC(=O)OCCBr. The van der Waals surface area contributed by atoms with E-state index in [-0.39, 0.29) is 11.9 Å². The van der Waals surface area contributed by atoms with Gasteiger partial charge in [0.15, 0.2) is 0 Å². The van der Waals surface area contributed by atoms with Gasteiger partial charge in [0.1, 0.15) is 13.2 Å². The average molecular weight is 334 g/mol. The van der Waals surface area contributed by atoms with E-state index in [0.29, 0.717) is 23.9 Å². The second kappa shape index (κ2) is 12.9. The first-order chi connectivity index (χ1) is 6.54. The topological polar surface area (TPSA) is 52.6 Å². The molecule has 0 aliphatic heterocycles. The Morgan fingerprint density at radius 1 is 0.929 bits per heavy atom. The molecule has 0 aromatic heterocycles. The number of hydrogen-bond acceptors (Lipinski definition) is 4. The summed E-state index contributed by atoms with van der Waals surface area (Å²) in [6.45, 7) is 3.72. The molecule has 0 spiro atoms. The van der Waals surface area contributed by atoms with Crippen LogP contribution in [0.15, 0.2) is 0 Å². The van der Waals surface area contributed by atoms with Crippen molar-refractivity contribution >= 4 is 43.8 Å². The Kier molecular flexibility index (Phi) is 15.1. The van der Waals surface area contributed by atoms with Gasteiger partial charge < -0.3 is 9.47 Å². The number of hydrogen-bond donors (Lipinski definition) is 0. The van der Waals surface area contributed by atoms with E-state index in [2.05, 4.69) is 41.3 Å². The maximum atomic E-state index is 9.96. The van der Waals surface area contributed by atoms with Crippen LogP contribution in [0, 0.1) is 0 Å². The van der Waals surface area contributed by atoms with Crippen molar-refractivity contribution in [2.24, 2.45) is 0 Å². The first-order valence-corrected chi connectivity index (χ1v) is 6.17. The third-order valence-electron chi connectivity index (χ3n) is 0.765. The van der Waals surface area contributed by atoms with Gasteiger partial charge in [0, 0.05) is 24.5 Å². The molecule has 84 valence electrons. The molecule has 0 N–H and O–H groups in total. The van der Waals surface area contributed by atoms with E-state index in [0.717, 1.165) is 0 Å². The lowest BCUT2D eigenvalue weighted by Gasteiger charge is -1.93. The van der Waals surface area contributed by atoms with Crippen LogP contribution in [-0.2, 0) is 19.1 Å². The molecule has 4 nitrogen and oxygen atoms in total. The molecule has 14 heavy (non-hydrogen) atoms. The Labute approximate surface area is 101 Å². The van der Waals surface area contributed by atoms with Gasteiger partial charge in [-0.05, 0) is 0 Å². The van der Waals surface area contributed by atoms with Crippen LogP contribution in [0.1, 0.15) is 13.8 Å². The summed E-state index contributed by atoms with van der Waals surface area (Å²) >= 11 is 6.20. The lowest BCUT2D eigenvalue weighted by Crippen LogP contribution is -2.00. The van der Waals surface area contributed by atoms with Crippen LogP contribution in [0.4, 0.5) is 0 Å². The molecule has 0 radical (unpaired) electrons. The second-order valence-corrected chi connectivity index (χ2v) is 3.64. The quantitative estimate of drug-likeness (QED) is 0.582. The molecule has 0 aromatic carbocycles. The van der Waals surface area contributed by atoms with Gasteiger partial charge >= 0.3 is 11.9 Å². The highest BCUT2D eigenvalue weighted by molar-refractivity contribution is 9.09. The second-order valence-electron chi connectivity index (χ2n) is 2.06. The lowest BCUT2D eigenvalue weighted by molar-refractivity contribution is -0.141. The summed E-state index contributed by atoms with van der Waals surface area (Å²) in [5.41, 5.74) is 0. The Hall–Kier alpha value is -0.100. The van der Waals surface area contributed by atoms with Crippen molar-refractivity contribution in [2.75, 3.05) is 23.9 Å². The largest absolute Gasteiger partial charge is 0.465 e. The molecular weight excluding hydrogens is 320 g/mol. The van der Waals surface area contributed by atoms with Gasteiger partial charge in [-0.2, -0.15) is 0 Å². The minimum absolute atomic E-state index is 0.223. The van der Waals surface area contributed by atoms with E-state index < -0.39 is 0 Å². The monoisotopic (exact) mass is 332 g/mol. The van der Waals surface area contributed by atoms with Gasteiger partial charge in [0.25, 0.3) is 0 Å². The van der Waals surface area contributed by atoms with Crippen LogP contribution < -0.4 is 0 Å². The molecule has 0 rings (SSSR count). The van der Waals surface area contributed by atoms with Gasteiger partial charge in [-0.25, -0.2) is 0 Å². The van der Waals surface area contributed by atoms with Gasteiger partial charge in [0.2, 0.25) is 0 Å². The van der Waals surface area contributed by atoms with Crippen LogP contribution in [0.2, 0.25) is 0 Å². The number of ether oxygens (including phenoxy) is 2. The van der Waals surface area contributed by atoms with E-state index >= 15 is 0 Å². The summed E-state index contributed by atoms with van der Waals surface area (Å²) in [7, 11) is 0. The average Bonchev–Trinajstić information content (AvgIpc) is 2.12. The van der Waals surface area contributed by atoms with Crippen LogP contribution >= 0.6 is 31.9 Å². The summed E-state index contributed by atoms with van der Waals surface area (Å²) in [5, 5.41) is 1.43. The Balaban J connectivity index is 0. The normalized spacial score (nSPS) is 8.29. The van der Waals surface area contributed by atoms with Gasteiger partial charge in [0.05, 0.1) is 0 Å². The minimum atomic E-state index is -0.223. The molecular formula is C8H14Br2O4. The smallest absolute Gasteiger partial charge is 0.302 e. The predicted molar refractivity (Wildman–Crippen MR) is 60.9 cm³/mol. The molecule has 6 heteroatoms. The van der Waals surface area contributed by atoms with Crippen LogP contribution in [-0.4, -0.2) is 35.8 Å². The zero-order valence-corrected chi connectivity index (χ0v) is 11.4. The minimum Gasteiger partial charge on any atom is -0.465 e. The number of carbonyl (C=O) groups is 2. The summed E-state index contributed by atoms with van der Waals surface area (Å²) < 4.78 is 9.01. The molecule has 0 aliphatic rings. The van der Waals surface area contributed by atoms with Crippen molar-refractivity contribution in [3.05, 3.63) is 0 Å². The fourth-order valence-corrected chi connectivity index (χ4v) is 0.688. The number of halogens is 2. The molecule has 0 bridgehead atoms. The number of carbonyl (C=O) groups excluding carboxylic acids is 2. The Morgan fingerprint density at radius 3 is 1.29 bits per heavy atom. The van der Waals surface area contributed by atoms with Gasteiger partial charge in [-0.15, -0.1) is 0 Å². The Morgan fingerprint density at radius 2 is 1.21 bits per heavy atom. The van der Waals surface area contributed by atoms with Crippen molar-refractivity contribution in [3.8, 4) is 0 Å². The fourth-order valence-electron chi connectivity index (χ4n) is 0.365. The molecule has 0 unspecified atom stereocenters. The van der Waals surface area contributed by atoms with Crippen LogP contribution in [0.5, 0.6) is 0 Å². The predicted octanol–water partition coefficient (Wildman–Crippen LogP) is 1.89. The van der Waals surface area contributed by atoms with Gasteiger partial charge in [-0.3, -0.25) is 9.59 Å². The highest BCUT2D eigenvalue weighted by Gasteiger charge is 1.86. The fraction of sp³-hybridized carbons (Fsp3) is 0.750. The molecule has 0 heterocycles. The third kappa shape index (κ3) is 22.7. The number of alkyl halides is 2. The first-order valence-electron chi connectivity index (χ1n) is 3.93. The highest BCUT2D eigenvalue weighted by atomic mass is 79.9. The standard InChI is InChI=1S/2C4H7BrO2/c2*1-4(6)7-3-2-5/h2*2-3H2,1H3. The molecule has 0 amide bonds. The molecule has 0 atom stereocenters. The Bertz CT molecular complexity index is 143. The van der Waals surface area contributed by atoms with Crippen LogP contribution in [0.25, 0.3) is 0 Å². The highest BCUT2D eigenvalue weighted by Crippen LogP contribution is 1.81. The van der Waals surface area contributed by atoms with Crippen molar-refractivity contribution in [1.29, 1.82) is 0 Å². The molecule has 0 saturated carbocycles. The summed E-state index contributed by atoms with van der Waals surface area (Å²) in [6.07, 6.45) is 0. The van der Waals surface area contributed by atoms with E-state index in [9.17, 15) is 9.59 Å². The molecule has 0 aromatic rings. The maximum absolute atomic E-state index is 9.96. The molecule has 0 aliphatic carbocycles. The lowest BCUT2D eigenvalue weighted by atomic mass is 10.8. The molecule has 0 fully saturated rings. The maximum Gasteiger partial charge on any atom is 0.302 e. The van der Waals surface area contributed by atoms with Crippen molar-refractivity contribution in [3.63, 3.8) is 0 Å². The zero-order chi connectivity index (χ0) is 11.4. The number of rotatable bonds is 4. The van der Waals surface area contributed by atoms with Crippen molar-refractivity contribution in [2.45, 2.75) is 13.8 Å². The first kappa shape index (κ1) is 16.3. The van der Waals surface area contributed by atoms with Crippen molar-refractivity contribution in [1.82, 2.24) is 0 Å². The van der Waals surface area contributed by atoms with E-state index in [1.54, 1.807) is 0 Å². The summed E-state index contributed by atoms with van der Waals surface area (Å²) in [4.78, 5) is 19.9. The van der Waals surface area contributed by atoms with E-state index in [4.69, 9.17) is 0 Å². The third-order valence-corrected chi connectivity index (χ3v) is 1.41. The summed E-state index contributed by atoms with van der Waals surface area (Å²) in [5.74, 6) is -0.445.